The Labute approximate surface area is 124 Å². The number of thioether (sulfide) groups is 1. The fraction of sp³-hybridized carbons (Fsp3) is 0.455. The molecule has 1 aromatic rings. The molecule has 0 unspecified atom stereocenters. The maximum Gasteiger partial charge on any atom is 0.288 e. The van der Waals surface area contributed by atoms with Gasteiger partial charge in [-0.1, -0.05) is 23.4 Å². The van der Waals surface area contributed by atoms with E-state index in [-0.39, 0.29) is 41.0 Å². The molecule has 1 aromatic heterocycles. The van der Waals surface area contributed by atoms with Gasteiger partial charge in [0.05, 0.1) is 17.0 Å². The van der Waals surface area contributed by atoms with Gasteiger partial charge in [-0.05, 0) is 6.92 Å². The first-order chi connectivity index (χ1) is 9.41. The van der Waals surface area contributed by atoms with E-state index >= 15 is 0 Å². The average Bonchev–Trinajstić information content (AvgIpc) is 2.82. The van der Waals surface area contributed by atoms with Crippen LogP contribution in [0.15, 0.2) is 0 Å². The second-order valence-electron chi connectivity index (χ2n) is 4.23. The van der Waals surface area contributed by atoms with E-state index in [9.17, 15) is 14.4 Å². The van der Waals surface area contributed by atoms with E-state index in [1.807, 2.05) is 0 Å². The smallest absolute Gasteiger partial charge is 0.288 e. The summed E-state index contributed by atoms with van der Waals surface area (Å²) >= 11 is 6.95. The maximum absolute atomic E-state index is 12.0. The molecule has 20 heavy (non-hydrogen) atoms. The zero-order valence-electron chi connectivity index (χ0n) is 11.0. The number of nitrogens with zero attached hydrogens (tertiary/aromatic N) is 3. The predicted molar refractivity (Wildman–Crippen MR) is 74.9 cm³/mol. The fourth-order valence-electron chi connectivity index (χ4n) is 1.85. The zero-order chi connectivity index (χ0) is 14.9. The van der Waals surface area contributed by atoms with Crippen LogP contribution < -0.4 is 5.32 Å². The third-order valence-electron chi connectivity index (χ3n) is 2.84. The third kappa shape index (κ3) is 2.80. The molecule has 108 valence electrons. The number of carbonyl (C=O) groups excluding carboxylic acids is 3. The minimum Gasteiger partial charge on any atom is -0.350 e. The standard InChI is InChI=1S/C11H13ClN4O3S/c1-6-8(9(12)15(2)14-6)10(18)13-3-4-16-7(17)5-20-11(16)19/h3-5H2,1-2H3,(H,13,18). The molecule has 2 heterocycles. The highest BCUT2D eigenvalue weighted by atomic mass is 35.5. The van der Waals surface area contributed by atoms with Crippen LogP contribution in [0.4, 0.5) is 4.79 Å². The molecule has 0 saturated carbocycles. The molecule has 1 aliphatic rings. The van der Waals surface area contributed by atoms with Crippen molar-refractivity contribution in [1.82, 2.24) is 20.0 Å². The Kier molecular flexibility index (Phi) is 4.34. The highest BCUT2D eigenvalue weighted by molar-refractivity contribution is 8.14. The Balaban J connectivity index is 1.93. The summed E-state index contributed by atoms with van der Waals surface area (Å²) in [5.41, 5.74) is 0.835. The molecule has 0 atom stereocenters. The highest BCUT2D eigenvalue weighted by Crippen LogP contribution is 2.19. The summed E-state index contributed by atoms with van der Waals surface area (Å²) in [6.07, 6.45) is 0. The molecule has 0 aromatic carbocycles. The van der Waals surface area contributed by atoms with Crippen LogP contribution >= 0.6 is 23.4 Å². The van der Waals surface area contributed by atoms with E-state index < -0.39 is 0 Å². The minimum absolute atomic E-state index is 0.160. The highest BCUT2D eigenvalue weighted by Gasteiger charge is 2.29. The maximum atomic E-state index is 12.0. The van der Waals surface area contributed by atoms with E-state index in [1.165, 1.54) is 4.68 Å². The van der Waals surface area contributed by atoms with Gasteiger partial charge in [0.25, 0.3) is 11.1 Å². The van der Waals surface area contributed by atoms with Gasteiger partial charge in [0, 0.05) is 20.1 Å². The topological polar surface area (TPSA) is 84.3 Å². The molecule has 3 amide bonds. The lowest BCUT2D eigenvalue weighted by Gasteiger charge is -2.13. The Morgan fingerprint density at radius 3 is 2.70 bits per heavy atom. The van der Waals surface area contributed by atoms with Crippen LogP contribution in [0.3, 0.4) is 0 Å². The zero-order valence-corrected chi connectivity index (χ0v) is 12.5. The molecule has 1 saturated heterocycles. The summed E-state index contributed by atoms with van der Waals surface area (Å²) < 4.78 is 1.41. The minimum atomic E-state index is -0.368. The summed E-state index contributed by atoms with van der Waals surface area (Å²) in [7, 11) is 1.64. The number of halogens is 1. The summed E-state index contributed by atoms with van der Waals surface area (Å²) in [5.74, 6) is -0.433. The van der Waals surface area contributed by atoms with Crippen molar-refractivity contribution >= 4 is 40.4 Å². The molecule has 0 bridgehead atoms. The second-order valence-corrected chi connectivity index (χ2v) is 5.52. The molecule has 0 radical (unpaired) electrons. The van der Waals surface area contributed by atoms with Crippen LogP contribution in [0.25, 0.3) is 0 Å². The normalized spacial score (nSPS) is 15.1. The van der Waals surface area contributed by atoms with Crippen molar-refractivity contribution in [3.8, 4) is 0 Å². The molecule has 1 fully saturated rings. The lowest BCUT2D eigenvalue weighted by molar-refractivity contribution is -0.124. The molecule has 0 aliphatic carbocycles. The molecule has 9 heteroatoms. The first-order valence-corrected chi connectivity index (χ1v) is 7.22. The molecule has 1 aliphatic heterocycles. The van der Waals surface area contributed by atoms with Crippen molar-refractivity contribution < 1.29 is 14.4 Å². The number of imide groups is 1. The number of nitrogens with one attached hydrogen (secondary N) is 1. The summed E-state index contributed by atoms with van der Waals surface area (Å²) in [6, 6.07) is 0. The SMILES string of the molecule is Cc1nn(C)c(Cl)c1C(=O)NCCN1C(=O)CSC1=O. The number of hydrogen-bond acceptors (Lipinski definition) is 5. The summed E-state index contributed by atoms with van der Waals surface area (Å²) in [5, 5.41) is 6.65. The third-order valence-corrected chi connectivity index (χ3v) is 4.13. The molecule has 7 nitrogen and oxygen atoms in total. The van der Waals surface area contributed by atoms with E-state index in [0.29, 0.717) is 11.3 Å². The number of aryl methyl sites for hydroxylation is 2. The van der Waals surface area contributed by atoms with Crippen molar-refractivity contribution in [2.24, 2.45) is 7.05 Å². The van der Waals surface area contributed by atoms with E-state index in [1.54, 1.807) is 14.0 Å². The van der Waals surface area contributed by atoms with Crippen molar-refractivity contribution in [2.75, 3.05) is 18.8 Å². The van der Waals surface area contributed by atoms with Gasteiger partial charge in [-0.15, -0.1) is 0 Å². The number of rotatable bonds is 4. The van der Waals surface area contributed by atoms with Crippen LogP contribution in [-0.4, -0.2) is 50.6 Å². The Hall–Kier alpha value is -1.54. The van der Waals surface area contributed by atoms with E-state index in [0.717, 1.165) is 16.7 Å². The number of carbonyl (C=O) groups is 3. The fourth-order valence-corrected chi connectivity index (χ4v) is 2.87. The van der Waals surface area contributed by atoms with Crippen LogP contribution in [-0.2, 0) is 11.8 Å². The molecule has 2 rings (SSSR count). The molecular formula is C11H13ClN4O3S. The molecule has 0 spiro atoms. The van der Waals surface area contributed by atoms with Gasteiger partial charge in [-0.2, -0.15) is 5.10 Å². The van der Waals surface area contributed by atoms with Gasteiger partial charge < -0.3 is 5.32 Å². The van der Waals surface area contributed by atoms with Crippen molar-refractivity contribution in [3.63, 3.8) is 0 Å². The van der Waals surface area contributed by atoms with E-state index in [4.69, 9.17) is 11.6 Å². The Bertz CT molecular complexity index is 570. The largest absolute Gasteiger partial charge is 0.350 e. The molecule has 1 N–H and O–H groups in total. The lowest BCUT2D eigenvalue weighted by atomic mass is 10.2. The van der Waals surface area contributed by atoms with Gasteiger partial charge in [0.15, 0.2) is 0 Å². The van der Waals surface area contributed by atoms with E-state index in [2.05, 4.69) is 10.4 Å². The second kappa shape index (κ2) is 5.84. The summed E-state index contributed by atoms with van der Waals surface area (Å²) in [4.78, 5) is 35.9. The lowest BCUT2D eigenvalue weighted by Crippen LogP contribution is -2.37. The van der Waals surface area contributed by atoms with Crippen molar-refractivity contribution in [1.29, 1.82) is 0 Å². The average molecular weight is 317 g/mol. The predicted octanol–water partition coefficient (Wildman–Crippen LogP) is 0.807. The van der Waals surface area contributed by atoms with Gasteiger partial charge in [-0.25, -0.2) is 0 Å². The first-order valence-electron chi connectivity index (χ1n) is 5.86. The number of amides is 3. The van der Waals surface area contributed by atoms with Gasteiger partial charge in [-0.3, -0.25) is 24.0 Å². The van der Waals surface area contributed by atoms with Crippen LogP contribution in [0.2, 0.25) is 5.15 Å². The van der Waals surface area contributed by atoms with Crippen LogP contribution in [0, 0.1) is 6.92 Å². The monoisotopic (exact) mass is 316 g/mol. The number of aromatic nitrogens is 2. The van der Waals surface area contributed by atoms with Gasteiger partial charge in [0.2, 0.25) is 5.91 Å². The quantitative estimate of drug-likeness (QED) is 0.888. The van der Waals surface area contributed by atoms with Crippen LogP contribution in [0.1, 0.15) is 16.1 Å². The van der Waals surface area contributed by atoms with Crippen molar-refractivity contribution in [3.05, 3.63) is 16.4 Å². The Morgan fingerprint density at radius 2 is 2.20 bits per heavy atom. The van der Waals surface area contributed by atoms with Crippen molar-refractivity contribution in [2.45, 2.75) is 6.92 Å². The van der Waals surface area contributed by atoms with Gasteiger partial charge in [0.1, 0.15) is 5.15 Å². The first kappa shape index (κ1) is 14.9. The summed E-state index contributed by atoms with van der Waals surface area (Å²) in [6.45, 7) is 2.03. The number of hydrogen-bond donors (Lipinski definition) is 1. The molecular weight excluding hydrogens is 304 g/mol. The Morgan fingerprint density at radius 1 is 1.50 bits per heavy atom. The van der Waals surface area contributed by atoms with Crippen LogP contribution in [0.5, 0.6) is 0 Å². The van der Waals surface area contributed by atoms with Gasteiger partial charge >= 0.3 is 0 Å².